The lowest BCUT2D eigenvalue weighted by atomic mass is 9.78. The molecule has 20 heavy (non-hydrogen) atoms. The minimum atomic E-state index is -0.958. The Kier molecular flexibility index (Phi) is 3.95. The Labute approximate surface area is 119 Å². The lowest BCUT2D eigenvalue weighted by Crippen LogP contribution is -2.44. The Morgan fingerprint density at radius 3 is 2.50 bits per heavy atom. The van der Waals surface area contributed by atoms with Crippen molar-refractivity contribution < 1.29 is 19.4 Å². The fraction of sp³-hybridized carbons (Fsp3) is 0.857. The van der Waals surface area contributed by atoms with Crippen LogP contribution in [0.3, 0.4) is 0 Å². The van der Waals surface area contributed by atoms with Gasteiger partial charge in [-0.3, -0.25) is 4.79 Å². The third-order valence-electron chi connectivity index (χ3n) is 4.13. The molecule has 0 aromatic heterocycles. The van der Waals surface area contributed by atoms with Gasteiger partial charge in [0, 0.05) is 12.6 Å². The number of likely N-dealkylation sites (tertiary alicyclic amines) is 1. The molecule has 1 aliphatic carbocycles. The highest BCUT2D eigenvalue weighted by molar-refractivity contribution is 5.73. The first kappa shape index (κ1) is 15.1. The average Bonchev–Trinajstić information content (AvgIpc) is 2.61. The number of carboxylic acids is 1. The second kappa shape index (κ2) is 5.24. The SMILES string of the molecule is CC(C)(C)OC(=O)N1CC2CC(C(N)C(=O)O)CC1C2. The standard InChI is InChI=1S/C14H24N2O4/c1-14(2,3)20-13(19)16-7-8-4-9(6-10(16)5-8)11(15)12(17)18/h8-11H,4-7,15H2,1-3H3,(H,17,18). The molecular weight excluding hydrogens is 260 g/mol. The molecule has 0 aromatic carbocycles. The van der Waals surface area contributed by atoms with Gasteiger partial charge in [0.1, 0.15) is 11.6 Å². The Morgan fingerprint density at radius 2 is 1.95 bits per heavy atom. The van der Waals surface area contributed by atoms with Crippen LogP contribution in [0.5, 0.6) is 0 Å². The van der Waals surface area contributed by atoms with Crippen molar-refractivity contribution in [2.24, 2.45) is 17.6 Å². The molecule has 2 aliphatic rings. The number of ether oxygens (including phenoxy) is 1. The lowest BCUT2D eigenvalue weighted by Gasteiger charge is -2.32. The summed E-state index contributed by atoms with van der Waals surface area (Å²) in [5.74, 6) is -0.666. The van der Waals surface area contributed by atoms with Gasteiger partial charge in [0.05, 0.1) is 0 Å². The number of nitrogens with two attached hydrogens (primary N) is 1. The highest BCUT2D eigenvalue weighted by Crippen LogP contribution is 2.40. The summed E-state index contributed by atoms with van der Waals surface area (Å²) in [6.45, 7) is 6.19. The zero-order valence-corrected chi connectivity index (χ0v) is 12.3. The van der Waals surface area contributed by atoms with Gasteiger partial charge in [0.25, 0.3) is 0 Å². The number of hydrogen-bond acceptors (Lipinski definition) is 4. The molecule has 1 saturated heterocycles. The first-order valence-corrected chi connectivity index (χ1v) is 7.15. The van der Waals surface area contributed by atoms with E-state index in [9.17, 15) is 9.59 Å². The molecule has 1 heterocycles. The maximum absolute atomic E-state index is 12.2. The van der Waals surface area contributed by atoms with Crippen molar-refractivity contribution in [2.75, 3.05) is 6.54 Å². The molecule has 114 valence electrons. The molecule has 1 saturated carbocycles. The van der Waals surface area contributed by atoms with E-state index >= 15 is 0 Å². The van der Waals surface area contributed by atoms with Crippen LogP contribution >= 0.6 is 0 Å². The molecular formula is C14H24N2O4. The van der Waals surface area contributed by atoms with E-state index in [0.29, 0.717) is 18.9 Å². The van der Waals surface area contributed by atoms with Crippen LogP contribution in [-0.2, 0) is 9.53 Å². The van der Waals surface area contributed by atoms with E-state index in [0.717, 1.165) is 12.8 Å². The molecule has 6 heteroatoms. The van der Waals surface area contributed by atoms with Crippen LogP contribution in [0.4, 0.5) is 4.79 Å². The van der Waals surface area contributed by atoms with Crippen molar-refractivity contribution in [3.63, 3.8) is 0 Å². The monoisotopic (exact) mass is 284 g/mol. The van der Waals surface area contributed by atoms with Crippen LogP contribution in [0.2, 0.25) is 0 Å². The maximum atomic E-state index is 12.2. The summed E-state index contributed by atoms with van der Waals surface area (Å²) in [6, 6.07) is -0.766. The smallest absolute Gasteiger partial charge is 0.410 e. The first-order chi connectivity index (χ1) is 9.17. The van der Waals surface area contributed by atoms with Crippen LogP contribution in [0, 0.1) is 11.8 Å². The minimum Gasteiger partial charge on any atom is -0.480 e. The Bertz CT molecular complexity index is 404. The number of rotatable bonds is 2. The summed E-state index contributed by atoms with van der Waals surface area (Å²) in [7, 11) is 0. The molecule has 4 unspecified atom stereocenters. The molecule has 1 aliphatic heterocycles. The van der Waals surface area contributed by atoms with Gasteiger partial charge in [-0.15, -0.1) is 0 Å². The van der Waals surface area contributed by atoms with E-state index in [1.165, 1.54) is 0 Å². The van der Waals surface area contributed by atoms with E-state index in [2.05, 4.69) is 0 Å². The van der Waals surface area contributed by atoms with Crippen molar-refractivity contribution in [3.8, 4) is 0 Å². The van der Waals surface area contributed by atoms with Gasteiger partial charge in [0.2, 0.25) is 0 Å². The second-order valence-corrected chi connectivity index (χ2v) is 6.98. The van der Waals surface area contributed by atoms with Crippen LogP contribution in [0.25, 0.3) is 0 Å². The predicted octanol–water partition coefficient (Wildman–Crippen LogP) is 1.43. The second-order valence-electron chi connectivity index (χ2n) is 6.98. The topological polar surface area (TPSA) is 92.9 Å². The lowest BCUT2D eigenvalue weighted by molar-refractivity contribution is -0.140. The van der Waals surface area contributed by atoms with E-state index in [4.69, 9.17) is 15.6 Å². The van der Waals surface area contributed by atoms with Gasteiger partial charge in [-0.05, 0) is 51.9 Å². The number of amides is 1. The number of carbonyl (C=O) groups is 2. The summed E-state index contributed by atoms with van der Waals surface area (Å²) in [5, 5.41) is 9.02. The molecule has 0 radical (unpaired) electrons. The van der Waals surface area contributed by atoms with E-state index in [1.54, 1.807) is 4.90 Å². The van der Waals surface area contributed by atoms with Gasteiger partial charge in [-0.1, -0.05) is 0 Å². The van der Waals surface area contributed by atoms with Crippen LogP contribution < -0.4 is 5.73 Å². The van der Waals surface area contributed by atoms with Crippen LogP contribution in [0.1, 0.15) is 40.0 Å². The Hall–Kier alpha value is -1.30. The van der Waals surface area contributed by atoms with Gasteiger partial charge in [0.15, 0.2) is 0 Å². The molecule has 1 amide bonds. The summed E-state index contributed by atoms with van der Waals surface area (Å²) in [6.07, 6.45) is 2.07. The Morgan fingerprint density at radius 1 is 1.30 bits per heavy atom. The molecule has 3 N–H and O–H groups in total. The minimum absolute atomic E-state index is 0.0521. The number of carbonyl (C=O) groups excluding carboxylic acids is 1. The molecule has 0 aromatic rings. The van der Waals surface area contributed by atoms with E-state index in [-0.39, 0.29) is 18.1 Å². The zero-order chi connectivity index (χ0) is 15.1. The summed E-state index contributed by atoms with van der Waals surface area (Å²) in [5.41, 5.74) is 5.22. The molecule has 2 fully saturated rings. The third kappa shape index (κ3) is 3.23. The van der Waals surface area contributed by atoms with Gasteiger partial charge < -0.3 is 20.5 Å². The fourth-order valence-corrected chi connectivity index (χ4v) is 3.32. The zero-order valence-electron chi connectivity index (χ0n) is 12.3. The van der Waals surface area contributed by atoms with Crippen LogP contribution in [0.15, 0.2) is 0 Å². The van der Waals surface area contributed by atoms with Gasteiger partial charge in [-0.25, -0.2) is 4.79 Å². The van der Waals surface area contributed by atoms with E-state index in [1.807, 2.05) is 20.8 Å². The average molecular weight is 284 g/mol. The van der Waals surface area contributed by atoms with Crippen molar-refractivity contribution in [1.82, 2.24) is 4.90 Å². The van der Waals surface area contributed by atoms with Crippen molar-refractivity contribution in [3.05, 3.63) is 0 Å². The molecule has 6 nitrogen and oxygen atoms in total. The number of aliphatic carboxylic acids is 1. The van der Waals surface area contributed by atoms with Crippen molar-refractivity contribution in [1.29, 1.82) is 0 Å². The van der Waals surface area contributed by atoms with Crippen molar-refractivity contribution in [2.45, 2.75) is 57.7 Å². The number of carboxylic acid groups (broad SMARTS) is 1. The quantitative estimate of drug-likeness (QED) is 0.800. The van der Waals surface area contributed by atoms with Crippen molar-refractivity contribution >= 4 is 12.1 Å². The maximum Gasteiger partial charge on any atom is 0.410 e. The molecule has 0 spiro atoms. The molecule has 4 atom stereocenters. The van der Waals surface area contributed by atoms with Crippen LogP contribution in [-0.4, -0.2) is 46.3 Å². The van der Waals surface area contributed by atoms with E-state index < -0.39 is 17.6 Å². The highest BCUT2D eigenvalue weighted by Gasteiger charge is 2.45. The highest BCUT2D eigenvalue weighted by atomic mass is 16.6. The fourth-order valence-electron chi connectivity index (χ4n) is 3.32. The molecule has 2 rings (SSSR count). The Balaban J connectivity index is 2.01. The number of nitrogens with zero attached hydrogens (tertiary/aromatic N) is 1. The number of fused-ring (bicyclic) bond motifs is 2. The largest absolute Gasteiger partial charge is 0.480 e. The number of hydrogen-bond donors (Lipinski definition) is 2. The normalized spacial score (nSPS) is 31.0. The predicted molar refractivity (Wildman–Crippen MR) is 73.2 cm³/mol. The first-order valence-electron chi connectivity index (χ1n) is 7.15. The third-order valence-corrected chi connectivity index (χ3v) is 4.13. The summed E-state index contributed by atoms with van der Waals surface area (Å²) >= 11 is 0. The summed E-state index contributed by atoms with van der Waals surface area (Å²) < 4.78 is 5.41. The van der Waals surface area contributed by atoms with Gasteiger partial charge in [-0.2, -0.15) is 0 Å². The summed E-state index contributed by atoms with van der Waals surface area (Å²) in [4.78, 5) is 24.9. The van der Waals surface area contributed by atoms with Gasteiger partial charge >= 0.3 is 12.1 Å². The molecule has 2 bridgehead atoms.